The average molecular weight is 275 g/mol. The van der Waals surface area contributed by atoms with E-state index in [4.69, 9.17) is 4.74 Å². The Morgan fingerprint density at radius 3 is 2.80 bits per heavy atom. The molecule has 0 radical (unpaired) electrons. The minimum atomic E-state index is 0.788. The molecule has 1 saturated carbocycles. The summed E-state index contributed by atoms with van der Waals surface area (Å²) in [4.78, 5) is 0.788. The Morgan fingerprint density at radius 2 is 2.07 bits per heavy atom. The van der Waals surface area contributed by atoms with Crippen molar-refractivity contribution in [2.75, 3.05) is 13.2 Å². The molecule has 0 aromatic carbocycles. The first-order chi connectivity index (χ1) is 7.25. The van der Waals surface area contributed by atoms with Crippen LogP contribution in [0.2, 0.25) is 0 Å². The van der Waals surface area contributed by atoms with Gasteiger partial charge in [0.15, 0.2) is 0 Å². The van der Waals surface area contributed by atoms with Gasteiger partial charge < -0.3 is 4.74 Å². The summed E-state index contributed by atoms with van der Waals surface area (Å²) in [5.74, 6) is 2.74. The summed E-state index contributed by atoms with van der Waals surface area (Å²) in [7, 11) is 0. The smallest absolute Gasteiger partial charge is 0.0495 e. The lowest BCUT2D eigenvalue weighted by molar-refractivity contribution is 0.180. The summed E-state index contributed by atoms with van der Waals surface area (Å²) in [6.07, 6.45) is 8.33. The normalized spacial score (nSPS) is 42.0. The van der Waals surface area contributed by atoms with Gasteiger partial charge in [-0.15, -0.1) is 0 Å². The van der Waals surface area contributed by atoms with E-state index in [0.717, 1.165) is 35.8 Å². The Hall–Kier alpha value is 0.440. The molecule has 0 aromatic heterocycles. The standard InChI is InChI=1S/C13H23BrO/c1-10-2-5-13(14)12(8-10)4-3-11-6-7-15-9-11/h10-13H,2-9H2,1H3. The minimum absolute atomic E-state index is 0.788. The summed E-state index contributed by atoms with van der Waals surface area (Å²) in [5.41, 5.74) is 0. The van der Waals surface area contributed by atoms with E-state index in [1.54, 1.807) is 0 Å². The maximum Gasteiger partial charge on any atom is 0.0495 e. The van der Waals surface area contributed by atoms with E-state index in [1.807, 2.05) is 0 Å². The minimum Gasteiger partial charge on any atom is -0.381 e. The number of hydrogen-bond acceptors (Lipinski definition) is 1. The van der Waals surface area contributed by atoms with Crippen LogP contribution in [-0.2, 0) is 4.74 Å². The van der Waals surface area contributed by atoms with Crippen LogP contribution in [0.15, 0.2) is 0 Å². The third kappa shape index (κ3) is 3.45. The van der Waals surface area contributed by atoms with Crippen LogP contribution in [0.25, 0.3) is 0 Å². The zero-order valence-corrected chi connectivity index (χ0v) is 11.3. The van der Waals surface area contributed by atoms with E-state index in [-0.39, 0.29) is 0 Å². The van der Waals surface area contributed by atoms with Gasteiger partial charge in [-0.2, -0.15) is 0 Å². The average Bonchev–Trinajstić information content (AvgIpc) is 2.72. The molecule has 1 saturated heterocycles. The van der Waals surface area contributed by atoms with Gasteiger partial charge >= 0.3 is 0 Å². The summed E-state index contributed by atoms with van der Waals surface area (Å²) in [6, 6.07) is 0. The topological polar surface area (TPSA) is 9.23 Å². The SMILES string of the molecule is CC1CCC(Br)C(CCC2CCOC2)C1. The van der Waals surface area contributed by atoms with Crippen LogP contribution in [0.4, 0.5) is 0 Å². The molecule has 1 aliphatic carbocycles. The zero-order chi connectivity index (χ0) is 10.7. The highest BCUT2D eigenvalue weighted by Gasteiger charge is 2.27. The largest absolute Gasteiger partial charge is 0.381 e. The summed E-state index contributed by atoms with van der Waals surface area (Å²) in [6.45, 7) is 4.43. The lowest BCUT2D eigenvalue weighted by atomic mass is 9.79. The highest BCUT2D eigenvalue weighted by Crippen LogP contribution is 2.37. The van der Waals surface area contributed by atoms with Gasteiger partial charge in [0.2, 0.25) is 0 Å². The molecule has 88 valence electrons. The zero-order valence-electron chi connectivity index (χ0n) is 9.75. The first kappa shape index (κ1) is 11.9. The Bertz CT molecular complexity index is 189. The lowest BCUT2D eigenvalue weighted by Crippen LogP contribution is -2.24. The molecule has 0 aromatic rings. The van der Waals surface area contributed by atoms with Crippen molar-refractivity contribution in [1.82, 2.24) is 0 Å². The quantitative estimate of drug-likeness (QED) is 0.707. The van der Waals surface area contributed by atoms with Crippen molar-refractivity contribution in [1.29, 1.82) is 0 Å². The van der Waals surface area contributed by atoms with Gasteiger partial charge in [-0.3, -0.25) is 0 Å². The van der Waals surface area contributed by atoms with Crippen LogP contribution in [0.1, 0.15) is 45.4 Å². The first-order valence-electron chi connectivity index (χ1n) is 6.47. The third-order valence-electron chi connectivity index (χ3n) is 4.12. The van der Waals surface area contributed by atoms with E-state index in [9.17, 15) is 0 Å². The van der Waals surface area contributed by atoms with Crippen LogP contribution < -0.4 is 0 Å². The van der Waals surface area contributed by atoms with Crippen molar-refractivity contribution in [3.05, 3.63) is 0 Å². The lowest BCUT2D eigenvalue weighted by Gasteiger charge is -2.32. The van der Waals surface area contributed by atoms with Gasteiger partial charge in [-0.1, -0.05) is 22.9 Å². The Kier molecular flexibility index (Phi) is 4.51. The number of halogens is 1. The number of rotatable bonds is 3. The molecule has 2 rings (SSSR count). The van der Waals surface area contributed by atoms with Gasteiger partial charge in [0, 0.05) is 18.0 Å². The molecule has 4 unspecified atom stereocenters. The van der Waals surface area contributed by atoms with E-state index in [2.05, 4.69) is 22.9 Å². The van der Waals surface area contributed by atoms with E-state index >= 15 is 0 Å². The van der Waals surface area contributed by atoms with Crippen LogP contribution >= 0.6 is 15.9 Å². The van der Waals surface area contributed by atoms with Crippen molar-refractivity contribution < 1.29 is 4.74 Å². The van der Waals surface area contributed by atoms with Gasteiger partial charge in [0.25, 0.3) is 0 Å². The first-order valence-corrected chi connectivity index (χ1v) is 7.39. The summed E-state index contributed by atoms with van der Waals surface area (Å²) >= 11 is 3.86. The van der Waals surface area contributed by atoms with Crippen molar-refractivity contribution >= 4 is 15.9 Å². The maximum absolute atomic E-state index is 5.43. The second-order valence-corrected chi connectivity index (χ2v) is 6.68. The molecule has 0 amide bonds. The Labute approximate surface area is 102 Å². The van der Waals surface area contributed by atoms with E-state index in [0.29, 0.717) is 0 Å². The Morgan fingerprint density at radius 1 is 1.20 bits per heavy atom. The monoisotopic (exact) mass is 274 g/mol. The Balaban J connectivity index is 1.72. The highest BCUT2D eigenvalue weighted by molar-refractivity contribution is 9.09. The molecule has 0 N–H and O–H groups in total. The summed E-state index contributed by atoms with van der Waals surface area (Å²) in [5, 5.41) is 0. The fraction of sp³-hybridized carbons (Fsp3) is 1.00. The molecule has 2 aliphatic rings. The molecule has 1 aliphatic heterocycles. The maximum atomic E-state index is 5.43. The van der Waals surface area contributed by atoms with Crippen molar-refractivity contribution in [3.8, 4) is 0 Å². The highest BCUT2D eigenvalue weighted by atomic mass is 79.9. The van der Waals surface area contributed by atoms with Gasteiger partial charge in [0.05, 0.1) is 0 Å². The van der Waals surface area contributed by atoms with Gasteiger partial charge in [0.1, 0.15) is 0 Å². The predicted molar refractivity (Wildman–Crippen MR) is 67.4 cm³/mol. The molecule has 0 bridgehead atoms. The summed E-state index contributed by atoms with van der Waals surface area (Å²) < 4.78 is 5.43. The fourth-order valence-corrected chi connectivity index (χ4v) is 3.77. The van der Waals surface area contributed by atoms with Crippen LogP contribution in [0.5, 0.6) is 0 Å². The second kappa shape index (κ2) is 5.67. The molecule has 1 nitrogen and oxygen atoms in total. The van der Waals surface area contributed by atoms with E-state index < -0.39 is 0 Å². The van der Waals surface area contributed by atoms with Crippen LogP contribution in [-0.4, -0.2) is 18.0 Å². The van der Waals surface area contributed by atoms with Crippen molar-refractivity contribution in [2.45, 2.75) is 50.3 Å². The molecule has 2 fully saturated rings. The van der Waals surface area contributed by atoms with Gasteiger partial charge in [-0.25, -0.2) is 0 Å². The van der Waals surface area contributed by atoms with E-state index in [1.165, 1.54) is 38.5 Å². The molecular formula is C13H23BrO. The molecule has 2 heteroatoms. The molecule has 0 spiro atoms. The fourth-order valence-electron chi connectivity index (χ4n) is 3.02. The number of alkyl halides is 1. The van der Waals surface area contributed by atoms with Crippen molar-refractivity contribution in [3.63, 3.8) is 0 Å². The van der Waals surface area contributed by atoms with Crippen LogP contribution in [0.3, 0.4) is 0 Å². The molecule has 4 atom stereocenters. The van der Waals surface area contributed by atoms with Crippen LogP contribution in [0, 0.1) is 17.8 Å². The second-order valence-electron chi connectivity index (χ2n) is 5.50. The van der Waals surface area contributed by atoms with Crippen molar-refractivity contribution in [2.24, 2.45) is 17.8 Å². The number of hydrogen-bond donors (Lipinski definition) is 0. The molecule has 1 heterocycles. The predicted octanol–water partition coefficient (Wildman–Crippen LogP) is 4.00. The molecular weight excluding hydrogens is 252 g/mol. The molecule has 15 heavy (non-hydrogen) atoms. The van der Waals surface area contributed by atoms with Gasteiger partial charge in [-0.05, 0) is 56.3 Å². The number of ether oxygens (including phenoxy) is 1. The third-order valence-corrected chi connectivity index (χ3v) is 5.33.